The van der Waals surface area contributed by atoms with Gasteiger partial charge >= 0.3 is 6.03 Å². The molecule has 0 bridgehead atoms. The van der Waals surface area contributed by atoms with Crippen LogP contribution in [0, 0.1) is 10.1 Å². The van der Waals surface area contributed by atoms with E-state index < -0.39 is 11.0 Å². The predicted molar refractivity (Wildman–Crippen MR) is 69.9 cm³/mol. The van der Waals surface area contributed by atoms with Crippen molar-refractivity contribution in [2.75, 3.05) is 0 Å². The van der Waals surface area contributed by atoms with Crippen LogP contribution in [0.25, 0.3) is 0 Å². The van der Waals surface area contributed by atoms with E-state index >= 15 is 0 Å². The van der Waals surface area contributed by atoms with Gasteiger partial charge in [-0.25, -0.2) is 10.2 Å². The van der Waals surface area contributed by atoms with Crippen LogP contribution in [0.1, 0.15) is 29.5 Å². The van der Waals surface area contributed by atoms with Gasteiger partial charge in [0.25, 0.3) is 5.69 Å². The van der Waals surface area contributed by atoms with E-state index in [1.165, 1.54) is 23.6 Å². The van der Waals surface area contributed by atoms with Gasteiger partial charge in [-0.05, 0) is 12.8 Å². The SMILES string of the molecule is CCCCc1sc(/C=N\NC(N)=O)cc1[N+](=O)[O-]. The maximum Gasteiger partial charge on any atom is 0.332 e. The zero-order valence-electron chi connectivity index (χ0n) is 9.88. The summed E-state index contributed by atoms with van der Waals surface area (Å²) in [7, 11) is 0. The summed E-state index contributed by atoms with van der Waals surface area (Å²) in [5, 5.41) is 14.4. The van der Waals surface area contributed by atoms with E-state index in [9.17, 15) is 14.9 Å². The zero-order valence-corrected chi connectivity index (χ0v) is 10.7. The summed E-state index contributed by atoms with van der Waals surface area (Å²) in [6.45, 7) is 2.03. The highest BCUT2D eigenvalue weighted by Crippen LogP contribution is 2.29. The standard InChI is InChI=1S/C10H14N4O3S/c1-2-3-4-9-8(14(16)17)5-7(18-9)6-12-13-10(11)15/h5-6H,2-4H2,1H3,(H3,11,13,15)/b12-6-. The number of nitrogens with zero attached hydrogens (tertiary/aromatic N) is 2. The Bertz CT molecular complexity index is 470. The fourth-order valence-electron chi connectivity index (χ4n) is 1.33. The molecular formula is C10H14N4O3S. The lowest BCUT2D eigenvalue weighted by Crippen LogP contribution is -2.24. The number of carbonyl (C=O) groups is 1. The number of hydrogen-bond acceptors (Lipinski definition) is 5. The Kier molecular flexibility index (Phi) is 5.25. The smallest absolute Gasteiger partial charge is 0.332 e. The number of nitrogens with two attached hydrogens (primary N) is 1. The number of rotatable bonds is 6. The molecule has 0 atom stereocenters. The molecule has 8 heteroatoms. The second-order valence-electron chi connectivity index (χ2n) is 3.55. The van der Waals surface area contributed by atoms with Crippen LogP contribution in [0.15, 0.2) is 11.2 Å². The highest BCUT2D eigenvalue weighted by molar-refractivity contribution is 7.14. The first-order chi connectivity index (χ1) is 8.54. The van der Waals surface area contributed by atoms with Gasteiger partial charge in [0.05, 0.1) is 20.9 Å². The molecule has 0 saturated carbocycles. The molecule has 98 valence electrons. The van der Waals surface area contributed by atoms with Crippen LogP contribution in [-0.4, -0.2) is 17.2 Å². The Labute approximate surface area is 108 Å². The molecule has 2 amide bonds. The topological polar surface area (TPSA) is 111 Å². The predicted octanol–water partition coefficient (Wildman–Crippen LogP) is 2.00. The first-order valence-electron chi connectivity index (χ1n) is 5.40. The van der Waals surface area contributed by atoms with Gasteiger partial charge in [0.1, 0.15) is 0 Å². The van der Waals surface area contributed by atoms with Crippen LogP contribution in [0.3, 0.4) is 0 Å². The monoisotopic (exact) mass is 270 g/mol. The lowest BCUT2D eigenvalue weighted by atomic mass is 10.2. The molecule has 0 saturated heterocycles. The highest BCUT2D eigenvalue weighted by atomic mass is 32.1. The van der Waals surface area contributed by atoms with Gasteiger partial charge in [-0.3, -0.25) is 10.1 Å². The number of unbranched alkanes of at least 4 members (excludes halogenated alkanes) is 1. The molecular weight excluding hydrogens is 256 g/mol. The summed E-state index contributed by atoms with van der Waals surface area (Å²) in [5.41, 5.74) is 6.98. The molecule has 18 heavy (non-hydrogen) atoms. The van der Waals surface area contributed by atoms with Gasteiger partial charge in [0, 0.05) is 6.07 Å². The van der Waals surface area contributed by atoms with Crippen molar-refractivity contribution in [3.63, 3.8) is 0 Å². The average Bonchev–Trinajstić information content (AvgIpc) is 2.69. The van der Waals surface area contributed by atoms with Gasteiger partial charge in [-0.15, -0.1) is 11.3 Å². The van der Waals surface area contributed by atoms with E-state index in [0.29, 0.717) is 11.3 Å². The van der Waals surface area contributed by atoms with Gasteiger partial charge in [-0.1, -0.05) is 13.3 Å². The molecule has 1 heterocycles. The molecule has 7 nitrogen and oxygen atoms in total. The number of urea groups is 1. The Hall–Kier alpha value is -1.96. The van der Waals surface area contributed by atoms with E-state index in [4.69, 9.17) is 5.73 Å². The Balaban J connectivity index is 2.84. The number of carbonyl (C=O) groups excluding carboxylic acids is 1. The zero-order chi connectivity index (χ0) is 13.5. The van der Waals surface area contributed by atoms with E-state index in [1.54, 1.807) is 0 Å². The number of hydrogen-bond donors (Lipinski definition) is 2. The summed E-state index contributed by atoms with van der Waals surface area (Å²) in [6.07, 6.45) is 3.89. The number of primary amides is 1. The Morgan fingerprint density at radius 1 is 1.72 bits per heavy atom. The van der Waals surface area contributed by atoms with Crippen LogP contribution in [-0.2, 0) is 6.42 Å². The maximum atomic E-state index is 10.9. The number of thiophene rings is 1. The normalized spacial score (nSPS) is 10.7. The molecule has 0 aliphatic heterocycles. The molecule has 0 aromatic carbocycles. The second-order valence-corrected chi connectivity index (χ2v) is 4.72. The van der Waals surface area contributed by atoms with Gasteiger partial charge < -0.3 is 5.73 Å². The number of nitro groups is 1. The minimum atomic E-state index is -0.775. The first-order valence-corrected chi connectivity index (χ1v) is 6.21. The molecule has 0 aliphatic carbocycles. The molecule has 3 N–H and O–H groups in total. The van der Waals surface area contributed by atoms with Crippen LogP contribution >= 0.6 is 11.3 Å². The third kappa shape index (κ3) is 4.13. The number of aryl methyl sites for hydroxylation is 1. The third-order valence-electron chi connectivity index (χ3n) is 2.13. The summed E-state index contributed by atoms with van der Waals surface area (Å²) in [5.74, 6) is 0. The van der Waals surface area contributed by atoms with Crippen molar-refractivity contribution in [3.8, 4) is 0 Å². The molecule has 1 aromatic rings. The van der Waals surface area contributed by atoms with Crippen LogP contribution in [0.4, 0.5) is 10.5 Å². The summed E-state index contributed by atoms with van der Waals surface area (Å²) in [6, 6.07) is 0.672. The quantitative estimate of drug-likeness (QED) is 0.468. The van der Waals surface area contributed by atoms with Crippen molar-refractivity contribution in [1.82, 2.24) is 5.43 Å². The van der Waals surface area contributed by atoms with Crippen molar-refractivity contribution in [3.05, 3.63) is 25.9 Å². The maximum absolute atomic E-state index is 10.9. The van der Waals surface area contributed by atoms with E-state index in [2.05, 4.69) is 5.10 Å². The van der Waals surface area contributed by atoms with Gasteiger partial charge in [0.2, 0.25) is 0 Å². The fourth-order valence-corrected chi connectivity index (χ4v) is 2.38. The lowest BCUT2D eigenvalue weighted by Gasteiger charge is -1.94. The Morgan fingerprint density at radius 2 is 2.44 bits per heavy atom. The molecule has 1 aromatic heterocycles. The van der Waals surface area contributed by atoms with Gasteiger partial charge in [-0.2, -0.15) is 5.10 Å². The molecule has 0 aliphatic rings. The van der Waals surface area contributed by atoms with Gasteiger partial charge in [0.15, 0.2) is 0 Å². The molecule has 0 radical (unpaired) electrons. The first kappa shape index (κ1) is 14.1. The van der Waals surface area contributed by atoms with Crippen molar-refractivity contribution in [1.29, 1.82) is 0 Å². The van der Waals surface area contributed by atoms with Crippen LogP contribution in [0.2, 0.25) is 0 Å². The molecule has 1 rings (SSSR count). The molecule has 0 fully saturated rings. The van der Waals surface area contributed by atoms with Crippen molar-refractivity contribution < 1.29 is 9.72 Å². The van der Waals surface area contributed by atoms with Crippen LogP contribution < -0.4 is 11.2 Å². The third-order valence-corrected chi connectivity index (χ3v) is 3.24. The number of amides is 2. The molecule has 0 unspecified atom stereocenters. The number of hydrazone groups is 1. The van der Waals surface area contributed by atoms with E-state index in [0.717, 1.165) is 17.7 Å². The van der Waals surface area contributed by atoms with Crippen LogP contribution in [0.5, 0.6) is 0 Å². The lowest BCUT2D eigenvalue weighted by molar-refractivity contribution is -0.385. The second kappa shape index (κ2) is 6.70. The average molecular weight is 270 g/mol. The largest absolute Gasteiger partial charge is 0.350 e. The minimum absolute atomic E-state index is 0.106. The number of nitrogens with one attached hydrogen (secondary N) is 1. The van der Waals surface area contributed by atoms with Crippen molar-refractivity contribution >= 4 is 29.3 Å². The summed E-state index contributed by atoms with van der Waals surface area (Å²) in [4.78, 5) is 22.2. The van der Waals surface area contributed by atoms with Crippen molar-refractivity contribution in [2.45, 2.75) is 26.2 Å². The van der Waals surface area contributed by atoms with E-state index in [-0.39, 0.29) is 5.69 Å². The fraction of sp³-hybridized carbons (Fsp3) is 0.400. The molecule has 0 spiro atoms. The van der Waals surface area contributed by atoms with E-state index in [1.807, 2.05) is 12.3 Å². The Morgan fingerprint density at radius 3 is 3.00 bits per heavy atom. The highest BCUT2D eigenvalue weighted by Gasteiger charge is 2.17. The minimum Gasteiger partial charge on any atom is -0.350 e. The van der Waals surface area contributed by atoms with Crippen molar-refractivity contribution in [2.24, 2.45) is 10.8 Å². The summed E-state index contributed by atoms with van der Waals surface area (Å²) >= 11 is 1.30. The summed E-state index contributed by atoms with van der Waals surface area (Å²) < 4.78 is 0.